The Hall–Kier alpha value is -2.19. The highest BCUT2D eigenvalue weighted by Crippen LogP contribution is 2.21. The third kappa shape index (κ3) is 3.11. The largest absolute Gasteiger partial charge is 0.324 e. The maximum atomic E-state index is 6.38. The van der Waals surface area contributed by atoms with Crippen LogP contribution in [-0.2, 0) is 6.42 Å². The van der Waals surface area contributed by atoms with Crippen LogP contribution >= 0.6 is 0 Å². The summed E-state index contributed by atoms with van der Waals surface area (Å²) in [5.41, 5.74) is 12.2. The Morgan fingerprint density at radius 2 is 1.86 bits per heavy atom. The van der Waals surface area contributed by atoms with E-state index in [4.69, 9.17) is 5.73 Å². The normalized spacial score (nSPS) is 12.5. The predicted octanol–water partition coefficient (Wildman–Crippen LogP) is 4.09. The van der Waals surface area contributed by atoms with Crippen LogP contribution in [0.2, 0.25) is 0 Å². The molecule has 1 aromatic heterocycles. The molecule has 3 aromatic rings. The lowest BCUT2D eigenvalue weighted by Crippen LogP contribution is -2.13. The maximum Gasteiger partial charge on any atom is 0.0705 e. The monoisotopic (exact) mass is 276 g/mol. The molecule has 0 radical (unpaired) electrons. The Labute approximate surface area is 125 Å². The second-order valence-corrected chi connectivity index (χ2v) is 5.70. The summed E-state index contributed by atoms with van der Waals surface area (Å²) in [7, 11) is 0. The molecular weight excluding hydrogens is 256 g/mol. The van der Waals surface area contributed by atoms with Gasteiger partial charge in [0.1, 0.15) is 0 Å². The van der Waals surface area contributed by atoms with Crippen molar-refractivity contribution in [3.63, 3.8) is 0 Å². The van der Waals surface area contributed by atoms with Crippen LogP contribution < -0.4 is 5.73 Å². The highest BCUT2D eigenvalue weighted by molar-refractivity contribution is 5.79. The van der Waals surface area contributed by atoms with Crippen LogP contribution in [0, 0.1) is 13.8 Å². The Bertz CT molecular complexity index is 777. The molecular formula is C19H20N2. The number of aryl methyl sites for hydroxylation is 2. The lowest BCUT2D eigenvalue weighted by atomic mass is 9.97. The molecule has 0 amide bonds. The topological polar surface area (TPSA) is 38.9 Å². The van der Waals surface area contributed by atoms with Crippen molar-refractivity contribution in [1.82, 2.24) is 4.98 Å². The van der Waals surface area contributed by atoms with E-state index in [1.165, 1.54) is 11.1 Å². The van der Waals surface area contributed by atoms with Gasteiger partial charge in [-0.2, -0.15) is 0 Å². The SMILES string of the molecule is Cc1cccc(CC(N)c2ccc3nc(C)ccc3c2)c1. The van der Waals surface area contributed by atoms with E-state index in [2.05, 4.69) is 60.4 Å². The zero-order valence-electron chi connectivity index (χ0n) is 12.5. The van der Waals surface area contributed by atoms with Gasteiger partial charge >= 0.3 is 0 Å². The van der Waals surface area contributed by atoms with Crippen LogP contribution in [0.5, 0.6) is 0 Å². The summed E-state index contributed by atoms with van der Waals surface area (Å²) < 4.78 is 0. The lowest BCUT2D eigenvalue weighted by Gasteiger charge is -2.13. The summed E-state index contributed by atoms with van der Waals surface area (Å²) in [6.07, 6.45) is 0.854. The van der Waals surface area contributed by atoms with Crippen LogP contribution in [0.15, 0.2) is 54.6 Å². The average Bonchev–Trinajstić information content (AvgIpc) is 2.46. The molecule has 0 saturated carbocycles. The molecule has 2 aromatic carbocycles. The van der Waals surface area contributed by atoms with Gasteiger partial charge in [-0.05, 0) is 49.6 Å². The molecule has 0 aliphatic carbocycles. The molecule has 2 nitrogen and oxygen atoms in total. The Kier molecular flexibility index (Phi) is 3.72. The molecule has 1 heterocycles. The first kappa shape index (κ1) is 13.8. The zero-order valence-corrected chi connectivity index (χ0v) is 12.5. The predicted molar refractivity (Wildman–Crippen MR) is 88.3 cm³/mol. The number of rotatable bonds is 3. The van der Waals surface area contributed by atoms with Crippen LogP contribution in [0.4, 0.5) is 0 Å². The molecule has 0 fully saturated rings. The van der Waals surface area contributed by atoms with Gasteiger partial charge in [0.05, 0.1) is 5.52 Å². The van der Waals surface area contributed by atoms with Gasteiger partial charge in [0.25, 0.3) is 0 Å². The molecule has 2 N–H and O–H groups in total. The number of aromatic nitrogens is 1. The van der Waals surface area contributed by atoms with Crippen molar-refractivity contribution in [3.8, 4) is 0 Å². The molecule has 2 heteroatoms. The van der Waals surface area contributed by atoms with Crippen molar-refractivity contribution in [2.45, 2.75) is 26.3 Å². The lowest BCUT2D eigenvalue weighted by molar-refractivity contribution is 0.722. The summed E-state index contributed by atoms with van der Waals surface area (Å²) in [5, 5.41) is 1.15. The van der Waals surface area contributed by atoms with E-state index in [9.17, 15) is 0 Å². The van der Waals surface area contributed by atoms with Crippen molar-refractivity contribution in [3.05, 3.63) is 77.0 Å². The van der Waals surface area contributed by atoms with Gasteiger partial charge < -0.3 is 5.73 Å². The first-order valence-corrected chi connectivity index (χ1v) is 7.30. The number of fused-ring (bicyclic) bond motifs is 1. The van der Waals surface area contributed by atoms with Gasteiger partial charge in [0.15, 0.2) is 0 Å². The molecule has 1 atom stereocenters. The fourth-order valence-corrected chi connectivity index (χ4v) is 2.69. The van der Waals surface area contributed by atoms with Crippen molar-refractivity contribution in [2.75, 3.05) is 0 Å². The van der Waals surface area contributed by atoms with E-state index < -0.39 is 0 Å². The number of benzene rings is 2. The molecule has 0 saturated heterocycles. The summed E-state index contributed by atoms with van der Waals surface area (Å²) in [6, 6.07) is 19.0. The third-order valence-corrected chi connectivity index (χ3v) is 3.82. The molecule has 3 rings (SSSR count). The van der Waals surface area contributed by atoms with Gasteiger partial charge in [-0.15, -0.1) is 0 Å². The first-order chi connectivity index (χ1) is 10.1. The van der Waals surface area contributed by atoms with Gasteiger partial charge in [0, 0.05) is 17.1 Å². The highest BCUT2D eigenvalue weighted by atomic mass is 14.7. The van der Waals surface area contributed by atoms with Crippen LogP contribution in [0.25, 0.3) is 10.9 Å². The second kappa shape index (κ2) is 5.66. The van der Waals surface area contributed by atoms with Crippen molar-refractivity contribution in [2.24, 2.45) is 5.73 Å². The minimum absolute atomic E-state index is 0.0116. The van der Waals surface area contributed by atoms with Crippen molar-refractivity contribution in [1.29, 1.82) is 0 Å². The van der Waals surface area contributed by atoms with Gasteiger partial charge in [-0.1, -0.05) is 42.0 Å². The Morgan fingerprint density at radius 3 is 2.67 bits per heavy atom. The van der Waals surface area contributed by atoms with Crippen LogP contribution in [0.1, 0.15) is 28.4 Å². The van der Waals surface area contributed by atoms with E-state index in [0.29, 0.717) is 0 Å². The summed E-state index contributed by atoms with van der Waals surface area (Å²) >= 11 is 0. The van der Waals surface area contributed by atoms with Crippen molar-refractivity contribution >= 4 is 10.9 Å². The number of pyridine rings is 1. The zero-order chi connectivity index (χ0) is 14.8. The van der Waals surface area contributed by atoms with Gasteiger partial charge in [-0.3, -0.25) is 4.98 Å². The van der Waals surface area contributed by atoms with E-state index in [1.54, 1.807) is 0 Å². The van der Waals surface area contributed by atoms with Crippen LogP contribution in [0.3, 0.4) is 0 Å². The molecule has 21 heavy (non-hydrogen) atoms. The maximum absolute atomic E-state index is 6.38. The number of hydrogen-bond acceptors (Lipinski definition) is 2. The smallest absolute Gasteiger partial charge is 0.0705 e. The summed E-state index contributed by atoms with van der Waals surface area (Å²) in [5.74, 6) is 0. The molecule has 1 unspecified atom stereocenters. The molecule has 0 spiro atoms. The third-order valence-electron chi connectivity index (χ3n) is 3.82. The fourth-order valence-electron chi connectivity index (χ4n) is 2.69. The van der Waals surface area contributed by atoms with E-state index in [1.807, 2.05) is 13.0 Å². The minimum Gasteiger partial charge on any atom is -0.324 e. The minimum atomic E-state index is 0.0116. The molecule has 0 bridgehead atoms. The quantitative estimate of drug-likeness (QED) is 0.782. The van der Waals surface area contributed by atoms with Gasteiger partial charge in [0.2, 0.25) is 0 Å². The molecule has 106 valence electrons. The summed E-state index contributed by atoms with van der Waals surface area (Å²) in [4.78, 5) is 4.53. The second-order valence-electron chi connectivity index (χ2n) is 5.70. The van der Waals surface area contributed by atoms with Crippen molar-refractivity contribution < 1.29 is 0 Å². The standard InChI is InChI=1S/C19H20N2/c1-13-4-3-5-15(10-13)11-18(20)16-8-9-19-17(12-16)7-6-14(2)21-19/h3-10,12,18H,11,20H2,1-2H3. The Balaban J connectivity index is 1.87. The van der Waals surface area contributed by atoms with E-state index >= 15 is 0 Å². The highest BCUT2D eigenvalue weighted by Gasteiger charge is 2.08. The molecule has 0 aliphatic rings. The number of nitrogens with zero attached hydrogens (tertiary/aromatic N) is 1. The van der Waals surface area contributed by atoms with E-state index in [-0.39, 0.29) is 6.04 Å². The number of hydrogen-bond donors (Lipinski definition) is 1. The Morgan fingerprint density at radius 1 is 1.00 bits per heavy atom. The average molecular weight is 276 g/mol. The van der Waals surface area contributed by atoms with E-state index in [0.717, 1.165) is 28.6 Å². The van der Waals surface area contributed by atoms with Crippen LogP contribution in [-0.4, -0.2) is 4.98 Å². The summed E-state index contributed by atoms with van der Waals surface area (Å²) in [6.45, 7) is 4.12. The number of nitrogens with two attached hydrogens (primary N) is 1. The molecule has 0 aliphatic heterocycles. The first-order valence-electron chi connectivity index (χ1n) is 7.30. The fraction of sp³-hybridized carbons (Fsp3) is 0.211. The van der Waals surface area contributed by atoms with Gasteiger partial charge in [-0.25, -0.2) is 0 Å².